The van der Waals surface area contributed by atoms with Crippen LogP contribution in [0, 0.1) is 0 Å². The Bertz CT molecular complexity index is 285. The largest absolute Gasteiger partial charge is 0.441 e. The Balaban J connectivity index is 2.31. The summed E-state index contributed by atoms with van der Waals surface area (Å²) in [4.78, 5) is 3.79. The van der Waals surface area contributed by atoms with Crippen molar-refractivity contribution in [2.24, 2.45) is 5.73 Å². The van der Waals surface area contributed by atoms with E-state index in [-0.39, 0.29) is 30.6 Å². The van der Waals surface area contributed by atoms with E-state index in [1.807, 2.05) is 0 Å². The van der Waals surface area contributed by atoms with E-state index >= 15 is 0 Å². The van der Waals surface area contributed by atoms with E-state index in [1.54, 1.807) is 0 Å². The number of hydrogen-bond acceptors (Lipinski definition) is 4. The molecule has 4 nitrogen and oxygen atoms in total. The van der Waals surface area contributed by atoms with E-state index in [0.717, 1.165) is 0 Å². The lowest BCUT2D eigenvalue weighted by Crippen LogP contribution is -2.08. The number of hydrogen-bond donors (Lipinski definition) is 1. The summed E-state index contributed by atoms with van der Waals surface area (Å²) in [5, 5.41) is 3.85. The maximum atomic E-state index is 11.7. The normalized spacial score (nSPS) is 12.0. The first kappa shape index (κ1) is 11.3. The zero-order valence-electron chi connectivity index (χ0n) is 7.16. The lowest BCUT2D eigenvalue weighted by molar-refractivity contribution is -0.0328. The van der Waals surface area contributed by atoms with Crippen LogP contribution in [0.25, 0.3) is 0 Å². The molecule has 0 atom stereocenters. The van der Waals surface area contributed by atoms with Crippen molar-refractivity contribution in [2.45, 2.75) is 18.6 Å². The monoisotopic (exact) mass is 226 g/mol. The molecule has 0 aromatic carbocycles. The van der Waals surface area contributed by atoms with Gasteiger partial charge in [-0.05, 0) is 11.8 Å². The molecule has 0 radical (unpaired) electrons. The molecule has 0 aliphatic heterocycles. The van der Waals surface area contributed by atoms with Gasteiger partial charge in [-0.15, -0.1) is 0 Å². The molecule has 0 aliphatic rings. The Morgan fingerprint density at radius 3 is 2.71 bits per heavy atom. The molecule has 1 rings (SSSR count). The number of aromatic nitrogens is 3. The molecule has 1 aromatic heterocycles. The van der Waals surface area contributed by atoms with Gasteiger partial charge in [0.05, 0.1) is 13.1 Å². The molecule has 0 saturated carbocycles. The standard InChI is InChI=1S/C6H9F3N4S/c7-6(8,9)14-2-1-13-4-11-5(3-10)12-13/h4H,1-3,10H2. The van der Waals surface area contributed by atoms with Crippen molar-refractivity contribution in [3.05, 3.63) is 12.2 Å². The molecule has 0 saturated heterocycles. The minimum absolute atomic E-state index is 0.0725. The summed E-state index contributed by atoms with van der Waals surface area (Å²) in [5.74, 6) is 0.360. The van der Waals surface area contributed by atoms with Crippen molar-refractivity contribution >= 4 is 11.8 Å². The van der Waals surface area contributed by atoms with E-state index < -0.39 is 5.51 Å². The van der Waals surface area contributed by atoms with Crippen LogP contribution < -0.4 is 5.73 Å². The first-order valence-electron chi connectivity index (χ1n) is 3.80. The van der Waals surface area contributed by atoms with Crippen LogP contribution in [0.2, 0.25) is 0 Å². The van der Waals surface area contributed by atoms with Gasteiger partial charge >= 0.3 is 5.51 Å². The Morgan fingerprint density at radius 1 is 1.50 bits per heavy atom. The fourth-order valence-corrected chi connectivity index (χ4v) is 1.30. The van der Waals surface area contributed by atoms with Crippen molar-refractivity contribution < 1.29 is 13.2 Å². The number of aryl methyl sites for hydroxylation is 1. The Labute approximate surface area is 82.7 Å². The van der Waals surface area contributed by atoms with Crippen LogP contribution in [0.3, 0.4) is 0 Å². The third kappa shape index (κ3) is 3.97. The zero-order chi connectivity index (χ0) is 10.6. The van der Waals surface area contributed by atoms with Crippen LogP contribution in [0.1, 0.15) is 5.82 Å². The molecule has 0 aliphatic carbocycles. The van der Waals surface area contributed by atoms with Crippen LogP contribution in [-0.2, 0) is 13.1 Å². The summed E-state index contributed by atoms with van der Waals surface area (Å²) in [6, 6.07) is 0. The quantitative estimate of drug-likeness (QED) is 0.831. The molecule has 80 valence electrons. The maximum Gasteiger partial charge on any atom is 0.441 e. The molecular weight excluding hydrogens is 217 g/mol. The van der Waals surface area contributed by atoms with Gasteiger partial charge in [-0.25, -0.2) is 4.98 Å². The predicted molar refractivity (Wildman–Crippen MR) is 46.4 cm³/mol. The van der Waals surface area contributed by atoms with Gasteiger partial charge in [0.2, 0.25) is 0 Å². The smallest absolute Gasteiger partial charge is 0.324 e. The van der Waals surface area contributed by atoms with Gasteiger partial charge in [-0.3, -0.25) is 4.68 Å². The van der Waals surface area contributed by atoms with E-state index in [4.69, 9.17) is 5.73 Å². The SMILES string of the molecule is NCc1ncn(CCSC(F)(F)F)n1. The van der Waals surface area contributed by atoms with E-state index in [0.29, 0.717) is 5.82 Å². The van der Waals surface area contributed by atoms with Crippen molar-refractivity contribution in [1.82, 2.24) is 14.8 Å². The molecule has 1 heterocycles. The summed E-state index contributed by atoms with van der Waals surface area (Å²) in [6.07, 6.45) is 1.37. The highest BCUT2D eigenvalue weighted by Gasteiger charge is 2.27. The summed E-state index contributed by atoms with van der Waals surface area (Å²) < 4.78 is 36.5. The second-order valence-electron chi connectivity index (χ2n) is 2.42. The van der Waals surface area contributed by atoms with Crippen molar-refractivity contribution in [3.63, 3.8) is 0 Å². The average Bonchev–Trinajstić information content (AvgIpc) is 2.50. The van der Waals surface area contributed by atoms with E-state index in [9.17, 15) is 13.2 Å². The van der Waals surface area contributed by atoms with Gasteiger partial charge in [0.1, 0.15) is 6.33 Å². The van der Waals surface area contributed by atoms with Crippen LogP contribution in [0.15, 0.2) is 6.33 Å². The number of nitrogens with zero attached hydrogens (tertiary/aromatic N) is 3. The molecular formula is C6H9F3N4S. The molecule has 0 spiro atoms. The van der Waals surface area contributed by atoms with Gasteiger partial charge in [0.15, 0.2) is 5.82 Å². The average molecular weight is 226 g/mol. The highest BCUT2D eigenvalue weighted by molar-refractivity contribution is 8.00. The number of nitrogens with two attached hydrogens (primary N) is 1. The molecule has 1 aromatic rings. The Kier molecular flexibility index (Phi) is 3.76. The topological polar surface area (TPSA) is 56.7 Å². The van der Waals surface area contributed by atoms with Crippen LogP contribution >= 0.6 is 11.8 Å². The molecule has 2 N–H and O–H groups in total. The molecule has 14 heavy (non-hydrogen) atoms. The summed E-state index contributed by atoms with van der Waals surface area (Å²) in [6.45, 7) is 0.372. The summed E-state index contributed by atoms with van der Waals surface area (Å²) in [7, 11) is 0. The Morgan fingerprint density at radius 2 is 2.21 bits per heavy atom. The van der Waals surface area contributed by atoms with Gasteiger partial charge in [-0.1, -0.05) is 0 Å². The van der Waals surface area contributed by atoms with Crippen LogP contribution in [-0.4, -0.2) is 26.0 Å². The second kappa shape index (κ2) is 4.65. The minimum Gasteiger partial charge on any atom is -0.324 e. The first-order valence-corrected chi connectivity index (χ1v) is 4.79. The highest BCUT2D eigenvalue weighted by Crippen LogP contribution is 2.29. The highest BCUT2D eigenvalue weighted by atomic mass is 32.2. The molecule has 0 bridgehead atoms. The number of alkyl halides is 3. The summed E-state index contributed by atoms with van der Waals surface area (Å²) in [5.41, 5.74) is 1.05. The maximum absolute atomic E-state index is 11.7. The van der Waals surface area contributed by atoms with E-state index in [1.165, 1.54) is 11.0 Å². The first-order chi connectivity index (χ1) is 6.51. The van der Waals surface area contributed by atoms with Crippen molar-refractivity contribution in [3.8, 4) is 0 Å². The fourth-order valence-electron chi connectivity index (χ4n) is 0.789. The van der Waals surface area contributed by atoms with Crippen LogP contribution in [0.4, 0.5) is 13.2 Å². The van der Waals surface area contributed by atoms with Gasteiger partial charge in [0.25, 0.3) is 0 Å². The fraction of sp³-hybridized carbons (Fsp3) is 0.667. The van der Waals surface area contributed by atoms with Crippen LogP contribution in [0.5, 0.6) is 0 Å². The minimum atomic E-state index is -4.18. The zero-order valence-corrected chi connectivity index (χ0v) is 7.98. The third-order valence-electron chi connectivity index (χ3n) is 1.35. The molecule has 8 heteroatoms. The lowest BCUT2D eigenvalue weighted by Gasteiger charge is -2.04. The third-order valence-corrected chi connectivity index (χ3v) is 2.07. The number of rotatable bonds is 4. The van der Waals surface area contributed by atoms with E-state index in [2.05, 4.69) is 10.1 Å². The number of thioether (sulfide) groups is 1. The molecule has 0 amide bonds. The van der Waals surface area contributed by atoms with Gasteiger partial charge in [-0.2, -0.15) is 18.3 Å². The van der Waals surface area contributed by atoms with Crippen molar-refractivity contribution in [2.75, 3.05) is 5.75 Å². The molecule has 0 fully saturated rings. The molecule has 0 unspecified atom stereocenters. The van der Waals surface area contributed by atoms with Crippen molar-refractivity contribution in [1.29, 1.82) is 0 Å². The predicted octanol–water partition coefficient (Wildman–Crippen LogP) is 0.990. The lowest BCUT2D eigenvalue weighted by atomic mass is 10.6. The Hall–Kier alpha value is -0.760. The second-order valence-corrected chi connectivity index (χ2v) is 3.58. The summed E-state index contributed by atoms with van der Waals surface area (Å²) >= 11 is -0.0746. The van der Waals surface area contributed by atoms with Gasteiger partial charge in [0, 0.05) is 5.75 Å². The number of halogens is 3. The van der Waals surface area contributed by atoms with Gasteiger partial charge < -0.3 is 5.73 Å².